The van der Waals surface area contributed by atoms with Gasteiger partial charge in [-0.2, -0.15) is 0 Å². The molecule has 0 bridgehead atoms. The zero-order valence-electron chi connectivity index (χ0n) is 23.6. The van der Waals surface area contributed by atoms with Crippen LogP contribution in [0.25, 0.3) is 0 Å². The number of para-hydroxylation sites is 1. The summed E-state index contributed by atoms with van der Waals surface area (Å²) >= 11 is 0. The summed E-state index contributed by atoms with van der Waals surface area (Å²) < 4.78 is 11.7. The number of nitrogens with zero attached hydrogens (tertiary/aromatic N) is 2. The average Bonchev–Trinajstić information content (AvgIpc) is 2.94. The highest BCUT2D eigenvalue weighted by Gasteiger charge is 2.22. The molecule has 0 radical (unpaired) electrons. The molecule has 1 atom stereocenters. The maximum atomic E-state index is 13.5. The second-order valence-corrected chi connectivity index (χ2v) is 9.65. The number of aryl methyl sites for hydroxylation is 1. The Kier molecular flexibility index (Phi) is 11.5. The number of carbonyl (C=O) groups excluding carboxylic acids is 1. The van der Waals surface area contributed by atoms with E-state index in [1.807, 2.05) is 84.6 Å². The number of amides is 2. The van der Waals surface area contributed by atoms with Gasteiger partial charge in [0.25, 0.3) is 0 Å². The number of rotatable bonds is 14. The molecule has 3 aromatic carbocycles. The van der Waals surface area contributed by atoms with Crippen molar-refractivity contribution >= 4 is 11.7 Å². The fraction of sp³-hybridized carbons (Fsp3) is 0.406. The molecule has 3 rings (SSSR count). The molecule has 6 nitrogen and oxygen atoms in total. The molecule has 0 fully saturated rings. The first kappa shape index (κ1) is 29.1. The smallest absolute Gasteiger partial charge is 0.322 e. The topological polar surface area (TPSA) is 54.0 Å². The van der Waals surface area contributed by atoms with Crippen LogP contribution in [0.1, 0.15) is 50.3 Å². The van der Waals surface area contributed by atoms with Crippen molar-refractivity contribution < 1.29 is 14.3 Å². The van der Waals surface area contributed by atoms with E-state index in [1.54, 1.807) is 7.11 Å². The van der Waals surface area contributed by atoms with Gasteiger partial charge in [0.2, 0.25) is 0 Å². The molecule has 0 aliphatic carbocycles. The van der Waals surface area contributed by atoms with Gasteiger partial charge in [-0.15, -0.1) is 0 Å². The number of nitrogens with one attached hydrogen (secondary N) is 1. The minimum absolute atomic E-state index is 0.0644. The van der Waals surface area contributed by atoms with E-state index in [4.69, 9.17) is 9.47 Å². The number of urea groups is 1. The van der Waals surface area contributed by atoms with Crippen molar-refractivity contribution in [2.24, 2.45) is 0 Å². The molecule has 3 aromatic rings. The van der Waals surface area contributed by atoms with Crippen LogP contribution in [0.15, 0.2) is 72.8 Å². The van der Waals surface area contributed by atoms with Crippen molar-refractivity contribution in [2.75, 3.05) is 32.1 Å². The van der Waals surface area contributed by atoms with Crippen LogP contribution < -0.4 is 14.8 Å². The summed E-state index contributed by atoms with van der Waals surface area (Å²) in [5.41, 5.74) is 3.96. The van der Waals surface area contributed by atoms with Gasteiger partial charge in [-0.3, -0.25) is 0 Å². The Morgan fingerprint density at radius 1 is 0.921 bits per heavy atom. The Bertz CT molecular complexity index is 1130. The Balaban J connectivity index is 1.75. The van der Waals surface area contributed by atoms with E-state index < -0.39 is 0 Å². The molecule has 204 valence electrons. The first-order valence-corrected chi connectivity index (χ1v) is 13.6. The highest BCUT2D eigenvalue weighted by molar-refractivity contribution is 5.90. The van der Waals surface area contributed by atoms with Crippen LogP contribution in [-0.4, -0.2) is 48.6 Å². The van der Waals surface area contributed by atoms with Gasteiger partial charge in [-0.05, 0) is 81.2 Å². The third kappa shape index (κ3) is 8.52. The fourth-order valence-electron chi connectivity index (χ4n) is 4.50. The summed E-state index contributed by atoms with van der Waals surface area (Å²) in [5, 5.41) is 3.13. The Morgan fingerprint density at radius 2 is 1.63 bits per heavy atom. The predicted octanol–water partition coefficient (Wildman–Crippen LogP) is 7.13. The van der Waals surface area contributed by atoms with Gasteiger partial charge in [0.15, 0.2) is 11.5 Å². The molecule has 0 saturated heterocycles. The molecule has 38 heavy (non-hydrogen) atoms. The number of benzene rings is 3. The molecule has 0 spiro atoms. The van der Waals surface area contributed by atoms with Gasteiger partial charge >= 0.3 is 6.03 Å². The predicted molar refractivity (Wildman–Crippen MR) is 156 cm³/mol. The summed E-state index contributed by atoms with van der Waals surface area (Å²) in [6.45, 7) is 12.6. The molecular formula is C32H43N3O3. The molecule has 2 amide bonds. The van der Waals surface area contributed by atoms with Crippen LogP contribution in [0.3, 0.4) is 0 Å². The van der Waals surface area contributed by atoms with Crippen LogP contribution in [-0.2, 0) is 13.2 Å². The van der Waals surface area contributed by atoms with Gasteiger partial charge in [0.05, 0.1) is 7.11 Å². The molecule has 1 N–H and O–H groups in total. The largest absolute Gasteiger partial charge is 0.493 e. The monoisotopic (exact) mass is 517 g/mol. The standard InChI is InChI=1S/C32H43N3O3/c1-6-34(7-2)21-13-15-26(4)35(32(36)33-29-18-12-11-14-25(29)3)23-28-19-20-30(31(22-28)37-5)38-24-27-16-9-8-10-17-27/h8-12,14,16-20,22,26H,6-7,13,15,21,23-24H2,1-5H3,(H,33,36). The Hall–Kier alpha value is -3.51. The van der Waals surface area contributed by atoms with E-state index >= 15 is 0 Å². The molecule has 0 heterocycles. The summed E-state index contributed by atoms with van der Waals surface area (Å²) in [6, 6.07) is 23.8. The zero-order chi connectivity index (χ0) is 27.3. The third-order valence-corrected chi connectivity index (χ3v) is 6.99. The van der Waals surface area contributed by atoms with Crippen LogP contribution >= 0.6 is 0 Å². The van der Waals surface area contributed by atoms with E-state index in [2.05, 4.69) is 31.0 Å². The molecule has 6 heteroatoms. The van der Waals surface area contributed by atoms with Crippen LogP contribution in [0.2, 0.25) is 0 Å². The van der Waals surface area contributed by atoms with Crippen molar-refractivity contribution in [1.29, 1.82) is 0 Å². The van der Waals surface area contributed by atoms with Gasteiger partial charge in [0, 0.05) is 18.3 Å². The van der Waals surface area contributed by atoms with Crippen molar-refractivity contribution in [3.63, 3.8) is 0 Å². The van der Waals surface area contributed by atoms with Gasteiger partial charge in [-0.1, -0.05) is 68.4 Å². The first-order chi connectivity index (χ1) is 18.4. The summed E-state index contributed by atoms with van der Waals surface area (Å²) in [5.74, 6) is 1.34. The van der Waals surface area contributed by atoms with E-state index in [9.17, 15) is 4.79 Å². The van der Waals surface area contributed by atoms with Crippen molar-refractivity contribution in [1.82, 2.24) is 9.80 Å². The zero-order valence-corrected chi connectivity index (χ0v) is 23.6. The molecule has 0 saturated carbocycles. The van der Waals surface area contributed by atoms with Gasteiger partial charge < -0.3 is 24.6 Å². The van der Waals surface area contributed by atoms with Crippen LogP contribution in [0.4, 0.5) is 10.5 Å². The summed E-state index contributed by atoms with van der Waals surface area (Å²) in [4.78, 5) is 17.9. The average molecular weight is 518 g/mol. The summed E-state index contributed by atoms with van der Waals surface area (Å²) in [6.07, 6.45) is 1.96. The number of hydrogen-bond donors (Lipinski definition) is 1. The molecule has 0 aromatic heterocycles. The van der Waals surface area contributed by atoms with E-state index in [0.29, 0.717) is 24.7 Å². The quantitative estimate of drug-likeness (QED) is 0.247. The molecule has 0 aliphatic heterocycles. The van der Waals surface area contributed by atoms with Crippen molar-refractivity contribution in [3.8, 4) is 11.5 Å². The first-order valence-electron chi connectivity index (χ1n) is 13.6. The van der Waals surface area contributed by atoms with E-state index in [1.165, 1.54) is 0 Å². The highest BCUT2D eigenvalue weighted by atomic mass is 16.5. The molecular weight excluding hydrogens is 474 g/mol. The third-order valence-electron chi connectivity index (χ3n) is 6.99. The van der Waals surface area contributed by atoms with E-state index in [-0.39, 0.29) is 12.1 Å². The lowest BCUT2D eigenvalue weighted by molar-refractivity contribution is 0.180. The number of hydrogen-bond acceptors (Lipinski definition) is 4. The fourth-order valence-corrected chi connectivity index (χ4v) is 4.50. The number of anilines is 1. The Morgan fingerprint density at radius 3 is 2.32 bits per heavy atom. The SMILES string of the molecule is CCN(CC)CCCC(C)N(Cc1ccc(OCc2ccccc2)c(OC)c1)C(=O)Nc1ccccc1C. The van der Waals surface area contributed by atoms with Gasteiger partial charge in [0.1, 0.15) is 6.61 Å². The molecule has 0 aliphatic rings. The highest BCUT2D eigenvalue weighted by Crippen LogP contribution is 2.30. The second kappa shape index (κ2) is 15.0. The minimum Gasteiger partial charge on any atom is -0.493 e. The maximum absolute atomic E-state index is 13.5. The molecule has 1 unspecified atom stereocenters. The lowest BCUT2D eigenvalue weighted by Crippen LogP contribution is -2.41. The minimum atomic E-state index is -0.0991. The van der Waals surface area contributed by atoms with Crippen molar-refractivity contribution in [3.05, 3.63) is 89.5 Å². The number of methoxy groups -OCH3 is 1. The second-order valence-electron chi connectivity index (χ2n) is 9.65. The lowest BCUT2D eigenvalue weighted by atomic mass is 10.1. The Labute approximate surface area is 228 Å². The number of carbonyl (C=O) groups is 1. The number of ether oxygens (including phenoxy) is 2. The lowest BCUT2D eigenvalue weighted by Gasteiger charge is -2.31. The van der Waals surface area contributed by atoms with Crippen LogP contribution in [0, 0.1) is 6.92 Å². The van der Waals surface area contributed by atoms with Gasteiger partial charge in [-0.25, -0.2) is 4.79 Å². The maximum Gasteiger partial charge on any atom is 0.322 e. The van der Waals surface area contributed by atoms with Crippen molar-refractivity contribution in [2.45, 2.75) is 59.7 Å². The van der Waals surface area contributed by atoms with Crippen LogP contribution in [0.5, 0.6) is 11.5 Å². The normalized spacial score (nSPS) is 11.7. The summed E-state index contributed by atoms with van der Waals surface area (Å²) in [7, 11) is 1.65. The van der Waals surface area contributed by atoms with E-state index in [0.717, 1.165) is 54.9 Å².